The second kappa shape index (κ2) is 5.73. The van der Waals surface area contributed by atoms with Crippen LogP contribution in [-0.2, 0) is 11.3 Å². The molecule has 0 aliphatic carbocycles. The molecule has 0 aliphatic rings. The first-order chi connectivity index (χ1) is 8.66. The van der Waals surface area contributed by atoms with E-state index in [2.05, 4.69) is 20.9 Å². The Labute approximate surface area is 112 Å². The van der Waals surface area contributed by atoms with Crippen LogP contribution in [0, 0.1) is 5.82 Å². The lowest BCUT2D eigenvalue weighted by molar-refractivity contribution is 0.0459. The predicted octanol–water partition coefficient (Wildman–Crippen LogP) is 3.34. The quantitative estimate of drug-likeness (QED) is 0.816. The molecule has 0 unspecified atom stereocenters. The van der Waals surface area contributed by atoms with Crippen molar-refractivity contribution in [1.29, 1.82) is 0 Å². The fourth-order valence-electron chi connectivity index (χ4n) is 1.36. The number of nitrogens with zero attached hydrogens (tertiary/aromatic N) is 1. The highest BCUT2D eigenvalue weighted by atomic mass is 79.9. The largest absolute Gasteiger partial charge is 0.456 e. The van der Waals surface area contributed by atoms with Crippen molar-refractivity contribution in [1.82, 2.24) is 4.98 Å². The van der Waals surface area contributed by atoms with E-state index in [0.29, 0.717) is 4.47 Å². The van der Waals surface area contributed by atoms with Crippen LogP contribution < -0.4 is 0 Å². The van der Waals surface area contributed by atoms with Crippen molar-refractivity contribution >= 4 is 21.9 Å². The van der Waals surface area contributed by atoms with Crippen molar-refractivity contribution in [3.05, 3.63) is 64.1 Å². The summed E-state index contributed by atoms with van der Waals surface area (Å²) in [7, 11) is 0. The Morgan fingerprint density at radius 2 is 2.06 bits per heavy atom. The molecule has 3 nitrogen and oxygen atoms in total. The van der Waals surface area contributed by atoms with Crippen LogP contribution in [0.2, 0.25) is 0 Å². The third-order valence-electron chi connectivity index (χ3n) is 2.21. The van der Waals surface area contributed by atoms with Gasteiger partial charge in [-0.1, -0.05) is 30.3 Å². The van der Waals surface area contributed by atoms with Gasteiger partial charge in [-0.2, -0.15) is 0 Å². The normalized spacial score (nSPS) is 10.1. The zero-order valence-electron chi connectivity index (χ0n) is 9.27. The Bertz CT molecular complexity index is 560. The van der Waals surface area contributed by atoms with E-state index in [0.717, 1.165) is 5.56 Å². The maximum Gasteiger partial charge on any atom is 0.360 e. The van der Waals surface area contributed by atoms with Crippen molar-refractivity contribution in [3.8, 4) is 0 Å². The SMILES string of the molecule is O=C(OCc1ccccc1)c1ncc(Br)cc1F. The third-order valence-corrected chi connectivity index (χ3v) is 2.65. The first kappa shape index (κ1) is 12.7. The minimum absolute atomic E-state index is 0.0941. The van der Waals surface area contributed by atoms with Gasteiger partial charge in [0.2, 0.25) is 0 Å². The maximum atomic E-state index is 13.4. The Balaban J connectivity index is 2.04. The van der Waals surface area contributed by atoms with Crippen LogP contribution in [0.25, 0.3) is 0 Å². The van der Waals surface area contributed by atoms with Crippen LogP contribution in [0.15, 0.2) is 47.1 Å². The standard InChI is InChI=1S/C13H9BrFNO2/c14-10-6-11(15)12(16-7-10)13(17)18-8-9-4-2-1-3-5-9/h1-7H,8H2. The monoisotopic (exact) mass is 309 g/mol. The minimum atomic E-state index is -0.774. The molecule has 0 saturated carbocycles. The van der Waals surface area contributed by atoms with E-state index in [1.807, 2.05) is 30.3 Å². The Morgan fingerprint density at radius 3 is 2.72 bits per heavy atom. The molecule has 0 N–H and O–H groups in total. The average molecular weight is 310 g/mol. The maximum absolute atomic E-state index is 13.4. The van der Waals surface area contributed by atoms with Crippen LogP contribution in [0.3, 0.4) is 0 Å². The number of carbonyl (C=O) groups excluding carboxylic acids is 1. The summed E-state index contributed by atoms with van der Waals surface area (Å²) in [5.41, 5.74) is 0.525. The fourth-order valence-corrected chi connectivity index (χ4v) is 1.66. The molecular formula is C13H9BrFNO2. The summed E-state index contributed by atoms with van der Waals surface area (Å²) in [4.78, 5) is 15.3. The Kier molecular flexibility index (Phi) is 4.04. The number of rotatable bonds is 3. The smallest absolute Gasteiger partial charge is 0.360 e. The lowest BCUT2D eigenvalue weighted by Crippen LogP contribution is -2.09. The lowest BCUT2D eigenvalue weighted by Gasteiger charge is -2.05. The van der Waals surface area contributed by atoms with Crippen molar-refractivity contribution in [2.24, 2.45) is 0 Å². The van der Waals surface area contributed by atoms with Gasteiger partial charge in [-0.15, -0.1) is 0 Å². The highest BCUT2D eigenvalue weighted by Gasteiger charge is 2.15. The van der Waals surface area contributed by atoms with Crippen LogP contribution in [-0.4, -0.2) is 11.0 Å². The number of hydrogen-bond acceptors (Lipinski definition) is 3. The van der Waals surface area contributed by atoms with Gasteiger partial charge in [-0.3, -0.25) is 0 Å². The molecule has 0 aliphatic heterocycles. The summed E-state index contributed by atoms with van der Waals surface area (Å²) in [5, 5.41) is 0. The summed E-state index contributed by atoms with van der Waals surface area (Å²) in [6.07, 6.45) is 1.35. The number of esters is 1. The lowest BCUT2D eigenvalue weighted by atomic mass is 10.2. The molecule has 1 aromatic carbocycles. The van der Waals surface area contributed by atoms with E-state index in [-0.39, 0.29) is 12.3 Å². The number of pyridine rings is 1. The zero-order valence-corrected chi connectivity index (χ0v) is 10.9. The van der Waals surface area contributed by atoms with E-state index < -0.39 is 11.8 Å². The van der Waals surface area contributed by atoms with Crippen LogP contribution in [0.4, 0.5) is 4.39 Å². The molecular weight excluding hydrogens is 301 g/mol. The summed E-state index contributed by atoms with van der Waals surface area (Å²) in [6.45, 7) is 0.0941. The number of ether oxygens (including phenoxy) is 1. The van der Waals surface area contributed by atoms with Crippen molar-refractivity contribution in [3.63, 3.8) is 0 Å². The van der Waals surface area contributed by atoms with E-state index in [1.54, 1.807) is 0 Å². The molecule has 1 heterocycles. The summed E-state index contributed by atoms with van der Waals surface area (Å²) in [6, 6.07) is 10.3. The number of benzene rings is 1. The van der Waals surface area contributed by atoms with Crippen molar-refractivity contribution in [2.75, 3.05) is 0 Å². The number of hydrogen-bond donors (Lipinski definition) is 0. The molecule has 18 heavy (non-hydrogen) atoms. The molecule has 1 aromatic heterocycles. The summed E-state index contributed by atoms with van der Waals surface area (Å²) < 4.78 is 18.9. The molecule has 2 rings (SSSR count). The van der Waals surface area contributed by atoms with E-state index >= 15 is 0 Å². The van der Waals surface area contributed by atoms with Gasteiger partial charge in [-0.25, -0.2) is 14.2 Å². The van der Waals surface area contributed by atoms with Gasteiger partial charge in [0.15, 0.2) is 11.5 Å². The molecule has 0 amide bonds. The molecule has 0 bridgehead atoms. The molecule has 0 atom stereocenters. The van der Waals surface area contributed by atoms with Gasteiger partial charge in [0, 0.05) is 10.7 Å². The second-order valence-corrected chi connectivity index (χ2v) is 4.46. The van der Waals surface area contributed by atoms with Gasteiger partial charge in [-0.05, 0) is 27.6 Å². The predicted molar refractivity (Wildman–Crippen MR) is 67.5 cm³/mol. The molecule has 0 radical (unpaired) electrons. The highest BCUT2D eigenvalue weighted by Crippen LogP contribution is 2.13. The third kappa shape index (κ3) is 3.13. The fraction of sp³-hybridized carbons (Fsp3) is 0.0769. The topological polar surface area (TPSA) is 39.2 Å². The first-order valence-electron chi connectivity index (χ1n) is 5.19. The van der Waals surface area contributed by atoms with Gasteiger partial charge >= 0.3 is 5.97 Å². The Morgan fingerprint density at radius 1 is 1.33 bits per heavy atom. The average Bonchev–Trinajstić information content (AvgIpc) is 2.37. The van der Waals surface area contributed by atoms with Crippen molar-refractivity contribution in [2.45, 2.75) is 6.61 Å². The zero-order chi connectivity index (χ0) is 13.0. The van der Waals surface area contributed by atoms with Gasteiger partial charge < -0.3 is 4.74 Å². The molecule has 0 fully saturated rings. The van der Waals surface area contributed by atoms with E-state index in [9.17, 15) is 9.18 Å². The molecule has 0 spiro atoms. The van der Waals surface area contributed by atoms with Crippen molar-refractivity contribution < 1.29 is 13.9 Å². The van der Waals surface area contributed by atoms with E-state index in [4.69, 9.17) is 4.74 Å². The minimum Gasteiger partial charge on any atom is -0.456 e. The Hall–Kier alpha value is -1.75. The molecule has 5 heteroatoms. The molecule has 92 valence electrons. The van der Waals surface area contributed by atoms with E-state index in [1.165, 1.54) is 12.3 Å². The summed E-state index contributed by atoms with van der Waals surface area (Å²) in [5.74, 6) is -1.48. The van der Waals surface area contributed by atoms with Gasteiger partial charge in [0.1, 0.15) is 6.61 Å². The van der Waals surface area contributed by atoms with Gasteiger partial charge in [0.05, 0.1) is 0 Å². The van der Waals surface area contributed by atoms with Crippen LogP contribution in [0.5, 0.6) is 0 Å². The molecule has 0 saturated heterocycles. The van der Waals surface area contributed by atoms with Crippen LogP contribution >= 0.6 is 15.9 Å². The number of aromatic nitrogens is 1. The van der Waals surface area contributed by atoms with Gasteiger partial charge in [0.25, 0.3) is 0 Å². The van der Waals surface area contributed by atoms with Crippen LogP contribution in [0.1, 0.15) is 16.1 Å². The summed E-state index contributed by atoms with van der Waals surface area (Å²) >= 11 is 3.07. The number of carbonyl (C=O) groups is 1. The first-order valence-corrected chi connectivity index (χ1v) is 5.98. The highest BCUT2D eigenvalue weighted by molar-refractivity contribution is 9.10. The molecule has 2 aromatic rings. The second-order valence-electron chi connectivity index (χ2n) is 3.55. The number of halogens is 2.